The number of hydrogen-bond donors (Lipinski definition) is 2. The maximum absolute atomic E-state index is 12.7. The highest BCUT2D eigenvalue weighted by atomic mass is 16.4. The Kier molecular flexibility index (Phi) is 6.01. The van der Waals surface area contributed by atoms with E-state index in [1.165, 1.54) is 0 Å². The van der Waals surface area contributed by atoms with E-state index in [1.54, 1.807) is 24.0 Å². The van der Waals surface area contributed by atoms with Crippen molar-refractivity contribution in [2.45, 2.75) is 33.6 Å². The molecule has 0 bridgehead atoms. The highest BCUT2D eigenvalue weighted by Crippen LogP contribution is 2.30. The summed E-state index contributed by atoms with van der Waals surface area (Å²) < 4.78 is 0. The summed E-state index contributed by atoms with van der Waals surface area (Å²) in [5, 5.41) is 11.9. The summed E-state index contributed by atoms with van der Waals surface area (Å²) in [4.78, 5) is 37.8. The van der Waals surface area contributed by atoms with E-state index in [0.717, 1.165) is 22.4 Å². The van der Waals surface area contributed by atoms with Crippen LogP contribution in [0.2, 0.25) is 0 Å². The SMILES string of the molecule is Cc1cccc(N2CC(C(=O)Nc3ccc(CC(C)C(=O)O)cc3)CC2=O)c1C. The number of nitrogens with one attached hydrogen (secondary N) is 1. The van der Waals surface area contributed by atoms with Crippen LogP contribution >= 0.6 is 0 Å². The number of hydrogen-bond acceptors (Lipinski definition) is 3. The minimum absolute atomic E-state index is 0.0446. The Balaban J connectivity index is 1.63. The van der Waals surface area contributed by atoms with Crippen LogP contribution in [0.25, 0.3) is 0 Å². The predicted octanol–water partition coefficient (Wildman–Crippen LogP) is 3.56. The average molecular weight is 394 g/mol. The topological polar surface area (TPSA) is 86.7 Å². The molecule has 2 unspecified atom stereocenters. The molecular formula is C23H26N2O4. The molecule has 0 aliphatic carbocycles. The number of nitrogens with zero attached hydrogens (tertiary/aromatic N) is 1. The zero-order valence-corrected chi connectivity index (χ0v) is 16.9. The van der Waals surface area contributed by atoms with Crippen molar-refractivity contribution in [3.63, 3.8) is 0 Å². The Hall–Kier alpha value is -3.15. The van der Waals surface area contributed by atoms with E-state index in [2.05, 4.69) is 5.32 Å². The monoisotopic (exact) mass is 394 g/mol. The predicted molar refractivity (Wildman–Crippen MR) is 112 cm³/mol. The Labute approximate surface area is 170 Å². The fraction of sp³-hybridized carbons (Fsp3) is 0.348. The summed E-state index contributed by atoms with van der Waals surface area (Å²) in [6, 6.07) is 13.0. The highest BCUT2D eigenvalue weighted by molar-refractivity contribution is 6.03. The summed E-state index contributed by atoms with van der Waals surface area (Å²) >= 11 is 0. The van der Waals surface area contributed by atoms with Gasteiger partial charge in [0.2, 0.25) is 11.8 Å². The Morgan fingerprint density at radius 3 is 2.52 bits per heavy atom. The van der Waals surface area contributed by atoms with Gasteiger partial charge >= 0.3 is 5.97 Å². The van der Waals surface area contributed by atoms with Crippen molar-refractivity contribution in [3.05, 3.63) is 59.2 Å². The molecule has 2 amide bonds. The molecule has 3 rings (SSSR count). The number of carbonyl (C=O) groups is 3. The normalized spacial score (nSPS) is 17.3. The van der Waals surface area contributed by atoms with Gasteiger partial charge in [0.05, 0.1) is 11.8 Å². The molecule has 1 aliphatic rings. The van der Waals surface area contributed by atoms with Gasteiger partial charge in [-0.15, -0.1) is 0 Å². The van der Waals surface area contributed by atoms with Crippen LogP contribution in [-0.2, 0) is 20.8 Å². The number of rotatable bonds is 6. The number of benzene rings is 2. The van der Waals surface area contributed by atoms with Gasteiger partial charge in [0, 0.05) is 24.3 Å². The second-order valence-corrected chi connectivity index (χ2v) is 7.75. The quantitative estimate of drug-likeness (QED) is 0.784. The molecule has 1 fully saturated rings. The molecule has 2 aromatic carbocycles. The zero-order chi connectivity index (χ0) is 21.1. The number of aryl methyl sites for hydroxylation is 1. The number of aliphatic carboxylic acids is 1. The fourth-order valence-electron chi connectivity index (χ4n) is 3.55. The third-order valence-electron chi connectivity index (χ3n) is 5.55. The molecule has 6 nitrogen and oxygen atoms in total. The number of carboxylic acid groups (broad SMARTS) is 1. The van der Waals surface area contributed by atoms with Crippen LogP contribution in [-0.4, -0.2) is 29.4 Å². The smallest absolute Gasteiger partial charge is 0.306 e. The van der Waals surface area contributed by atoms with Crippen molar-refractivity contribution < 1.29 is 19.5 Å². The molecule has 6 heteroatoms. The first kappa shape index (κ1) is 20.6. The van der Waals surface area contributed by atoms with Gasteiger partial charge in [-0.05, 0) is 55.2 Å². The van der Waals surface area contributed by atoms with Gasteiger partial charge in [0.25, 0.3) is 0 Å². The maximum Gasteiger partial charge on any atom is 0.306 e. The van der Waals surface area contributed by atoms with Crippen molar-refractivity contribution >= 4 is 29.2 Å². The molecule has 1 aliphatic heterocycles. The lowest BCUT2D eigenvalue weighted by molar-refractivity contribution is -0.141. The summed E-state index contributed by atoms with van der Waals surface area (Å²) in [5.41, 5.74) is 4.56. The summed E-state index contributed by atoms with van der Waals surface area (Å²) in [7, 11) is 0. The van der Waals surface area contributed by atoms with Gasteiger partial charge in [0.15, 0.2) is 0 Å². The van der Waals surface area contributed by atoms with Gasteiger partial charge in [0.1, 0.15) is 0 Å². The Bertz CT molecular complexity index is 936. The van der Waals surface area contributed by atoms with Crippen LogP contribution in [0.1, 0.15) is 30.0 Å². The number of carboxylic acids is 1. The van der Waals surface area contributed by atoms with Gasteiger partial charge in [-0.2, -0.15) is 0 Å². The lowest BCUT2D eigenvalue weighted by atomic mass is 10.0. The number of anilines is 2. The van der Waals surface area contributed by atoms with Gasteiger partial charge < -0.3 is 15.3 Å². The van der Waals surface area contributed by atoms with Crippen LogP contribution < -0.4 is 10.2 Å². The second-order valence-electron chi connectivity index (χ2n) is 7.75. The molecule has 0 saturated carbocycles. The molecule has 1 saturated heterocycles. The van der Waals surface area contributed by atoms with Crippen LogP contribution in [0.15, 0.2) is 42.5 Å². The van der Waals surface area contributed by atoms with E-state index in [-0.39, 0.29) is 18.2 Å². The van der Waals surface area contributed by atoms with E-state index >= 15 is 0 Å². The van der Waals surface area contributed by atoms with Gasteiger partial charge in [-0.1, -0.05) is 31.2 Å². The average Bonchev–Trinajstić information content (AvgIpc) is 3.07. The molecule has 2 N–H and O–H groups in total. The molecule has 2 aromatic rings. The van der Waals surface area contributed by atoms with Crippen LogP contribution in [0.3, 0.4) is 0 Å². The van der Waals surface area contributed by atoms with E-state index in [1.807, 2.05) is 44.2 Å². The molecule has 1 heterocycles. The van der Waals surface area contributed by atoms with E-state index in [9.17, 15) is 14.4 Å². The van der Waals surface area contributed by atoms with Crippen LogP contribution in [0.5, 0.6) is 0 Å². The summed E-state index contributed by atoms with van der Waals surface area (Å²) in [6.45, 7) is 6.02. The van der Waals surface area contributed by atoms with Crippen molar-refractivity contribution in [2.24, 2.45) is 11.8 Å². The maximum atomic E-state index is 12.7. The Morgan fingerprint density at radius 1 is 1.17 bits per heavy atom. The minimum Gasteiger partial charge on any atom is -0.481 e. The zero-order valence-electron chi connectivity index (χ0n) is 16.9. The van der Waals surface area contributed by atoms with E-state index < -0.39 is 17.8 Å². The van der Waals surface area contributed by atoms with Gasteiger partial charge in [-0.3, -0.25) is 14.4 Å². The fourth-order valence-corrected chi connectivity index (χ4v) is 3.55. The van der Waals surface area contributed by atoms with Crippen LogP contribution in [0, 0.1) is 25.7 Å². The van der Waals surface area contributed by atoms with Crippen molar-refractivity contribution in [3.8, 4) is 0 Å². The Morgan fingerprint density at radius 2 is 1.86 bits per heavy atom. The lowest BCUT2D eigenvalue weighted by Gasteiger charge is -2.20. The van der Waals surface area contributed by atoms with Crippen molar-refractivity contribution in [1.29, 1.82) is 0 Å². The molecular weight excluding hydrogens is 368 g/mol. The first-order chi connectivity index (χ1) is 13.8. The number of carbonyl (C=O) groups excluding carboxylic acids is 2. The molecule has 0 radical (unpaired) electrons. The molecule has 0 spiro atoms. The lowest BCUT2D eigenvalue weighted by Crippen LogP contribution is -2.28. The highest BCUT2D eigenvalue weighted by Gasteiger charge is 2.35. The van der Waals surface area contributed by atoms with E-state index in [0.29, 0.717) is 18.7 Å². The van der Waals surface area contributed by atoms with Crippen LogP contribution in [0.4, 0.5) is 11.4 Å². The molecule has 152 valence electrons. The standard InChI is InChI=1S/C23H26N2O4/c1-14-5-4-6-20(16(14)3)25-13-18(12-21(25)26)22(27)24-19-9-7-17(8-10-19)11-15(2)23(28)29/h4-10,15,18H,11-13H2,1-3H3,(H,24,27)(H,28,29). The first-order valence-corrected chi connectivity index (χ1v) is 9.75. The molecule has 0 aromatic heterocycles. The third kappa shape index (κ3) is 4.65. The van der Waals surface area contributed by atoms with Gasteiger partial charge in [-0.25, -0.2) is 0 Å². The van der Waals surface area contributed by atoms with Crippen molar-refractivity contribution in [2.75, 3.05) is 16.8 Å². The first-order valence-electron chi connectivity index (χ1n) is 9.75. The summed E-state index contributed by atoms with van der Waals surface area (Å²) in [5.74, 6) is -1.93. The largest absolute Gasteiger partial charge is 0.481 e. The second kappa shape index (κ2) is 8.47. The summed E-state index contributed by atoms with van der Waals surface area (Å²) in [6.07, 6.45) is 0.624. The molecule has 2 atom stereocenters. The third-order valence-corrected chi connectivity index (χ3v) is 5.55. The minimum atomic E-state index is -0.832. The van der Waals surface area contributed by atoms with E-state index in [4.69, 9.17) is 5.11 Å². The van der Waals surface area contributed by atoms with Crippen molar-refractivity contribution in [1.82, 2.24) is 0 Å². The molecule has 29 heavy (non-hydrogen) atoms. The number of amides is 2.